The summed E-state index contributed by atoms with van der Waals surface area (Å²) in [6.45, 7) is 0.240. The number of hydrogen-bond acceptors (Lipinski definition) is 6. The van der Waals surface area contributed by atoms with E-state index in [1.54, 1.807) is 36.7 Å². The van der Waals surface area contributed by atoms with Gasteiger partial charge in [-0.15, -0.1) is 0 Å². The maximum Gasteiger partial charge on any atom is 0.260 e. The maximum atomic E-state index is 15.3. The normalized spacial score (nSPS) is 14.0. The standard InChI is InChI=1S/C24H20ClFN6O2/c1-31-20(5-9-29-31)30-19-13-14(4-8-27-19)16-11-15-6-10-32(21(15)18(26)12-16)24(34)22(33)17-3-2-7-28-23(17)25/h2-5,7-9,11-13,22,33H,6,10H2,1H3,(H,27,30)/i1D. The number of fused-ring (bicyclic) bond motifs is 1. The average molecular weight is 480 g/mol. The lowest BCUT2D eigenvalue weighted by molar-refractivity contribution is -0.126. The van der Waals surface area contributed by atoms with Crippen molar-refractivity contribution in [2.75, 3.05) is 16.8 Å². The predicted octanol–water partition coefficient (Wildman–Crippen LogP) is 4.04. The molecular formula is C24H20ClFN6O2. The van der Waals surface area contributed by atoms with Gasteiger partial charge in [0.15, 0.2) is 6.10 Å². The molecule has 34 heavy (non-hydrogen) atoms. The zero-order chi connectivity index (χ0) is 24.5. The number of anilines is 3. The number of nitrogens with one attached hydrogen (secondary N) is 1. The van der Waals surface area contributed by atoms with E-state index >= 15 is 4.39 Å². The smallest absolute Gasteiger partial charge is 0.260 e. The van der Waals surface area contributed by atoms with Gasteiger partial charge in [0, 0.05) is 39.0 Å². The first-order chi connectivity index (χ1) is 17.0. The Bertz CT molecular complexity index is 1410. The molecule has 4 aromatic rings. The number of hydrogen-bond donors (Lipinski definition) is 2. The molecule has 0 fully saturated rings. The number of rotatable bonds is 5. The fourth-order valence-corrected chi connectivity index (χ4v) is 4.23. The van der Waals surface area contributed by atoms with Crippen molar-refractivity contribution in [3.63, 3.8) is 0 Å². The molecule has 1 unspecified atom stereocenters. The highest BCUT2D eigenvalue weighted by Gasteiger charge is 2.33. The molecule has 172 valence electrons. The summed E-state index contributed by atoms with van der Waals surface area (Å²) in [7, 11) is -0.0397. The summed E-state index contributed by atoms with van der Waals surface area (Å²) >= 11 is 6.02. The number of aliphatic hydroxyl groups is 1. The monoisotopic (exact) mass is 479 g/mol. The lowest BCUT2D eigenvalue weighted by Crippen LogP contribution is -2.34. The number of carbonyl (C=O) groups is 1. The van der Waals surface area contributed by atoms with E-state index in [4.69, 9.17) is 13.0 Å². The molecule has 5 rings (SSSR count). The third-order valence-corrected chi connectivity index (χ3v) is 5.98. The molecule has 4 heterocycles. The van der Waals surface area contributed by atoms with Crippen LogP contribution >= 0.6 is 11.6 Å². The van der Waals surface area contributed by atoms with Crippen LogP contribution in [0, 0.1) is 5.82 Å². The first-order valence-electron chi connectivity index (χ1n) is 11.1. The second-order valence-corrected chi connectivity index (χ2v) is 8.12. The number of amides is 1. The highest BCUT2D eigenvalue weighted by molar-refractivity contribution is 6.30. The van der Waals surface area contributed by atoms with Gasteiger partial charge in [0.1, 0.15) is 22.6 Å². The Balaban J connectivity index is 1.42. The zero-order valence-electron chi connectivity index (χ0n) is 18.8. The lowest BCUT2D eigenvalue weighted by Gasteiger charge is -2.22. The molecule has 3 aromatic heterocycles. The fourth-order valence-electron chi connectivity index (χ4n) is 4.01. The molecule has 0 bridgehead atoms. The van der Waals surface area contributed by atoms with Gasteiger partial charge in [0.25, 0.3) is 5.91 Å². The van der Waals surface area contributed by atoms with Crippen molar-refractivity contribution in [2.45, 2.75) is 12.5 Å². The van der Waals surface area contributed by atoms with Crippen LogP contribution in [0.15, 0.2) is 61.1 Å². The van der Waals surface area contributed by atoms with Gasteiger partial charge in [-0.3, -0.25) is 9.48 Å². The second kappa shape index (κ2) is 8.85. The molecule has 0 spiro atoms. The minimum atomic E-state index is -1.55. The summed E-state index contributed by atoms with van der Waals surface area (Å²) in [4.78, 5) is 22.4. The summed E-state index contributed by atoms with van der Waals surface area (Å²) < 4.78 is 24.3. The van der Waals surface area contributed by atoms with E-state index in [1.807, 2.05) is 6.07 Å². The highest BCUT2D eigenvalue weighted by atomic mass is 35.5. The third kappa shape index (κ3) is 4.00. The molecule has 2 N–H and O–H groups in total. The Labute approximate surface area is 201 Å². The van der Waals surface area contributed by atoms with Crippen molar-refractivity contribution >= 4 is 34.8 Å². The van der Waals surface area contributed by atoms with Crippen molar-refractivity contribution in [3.8, 4) is 11.1 Å². The van der Waals surface area contributed by atoms with Crippen LogP contribution in [0.4, 0.5) is 21.7 Å². The van der Waals surface area contributed by atoms with E-state index < -0.39 is 17.8 Å². The van der Waals surface area contributed by atoms with Crippen LogP contribution in [-0.4, -0.2) is 37.3 Å². The van der Waals surface area contributed by atoms with E-state index in [1.165, 1.54) is 27.9 Å². The van der Waals surface area contributed by atoms with Crippen molar-refractivity contribution in [1.29, 1.82) is 0 Å². The molecule has 1 amide bonds. The van der Waals surface area contributed by atoms with E-state index in [0.717, 1.165) is 5.56 Å². The van der Waals surface area contributed by atoms with Gasteiger partial charge >= 0.3 is 0 Å². The zero-order valence-corrected chi connectivity index (χ0v) is 18.6. The van der Waals surface area contributed by atoms with Gasteiger partial charge in [0.2, 0.25) is 0 Å². The molecule has 0 saturated heterocycles. The van der Waals surface area contributed by atoms with E-state index in [9.17, 15) is 9.90 Å². The topological polar surface area (TPSA) is 96.2 Å². The summed E-state index contributed by atoms with van der Waals surface area (Å²) in [5.74, 6) is -0.0868. The van der Waals surface area contributed by atoms with Gasteiger partial charge < -0.3 is 15.3 Å². The number of nitrogens with zero attached hydrogens (tertiary/aromatic N) is 5. The quantitative estimate of drug-likeness (QED) is 0.419. The SMILES string of the molecule is [2H]Cn1nccc1Nc1cc(-c2cc(F)c3c(c2)CCN3C(=O)C(O)c2cccnc2Cl)ccn1. The predicted molar refractivity (Wildman–Crippen MR) is 126 cm³/mol. The highest BCUT2D eigenvalue weighted by Crippen LogP contribution is 2.37. The molecule has 1 aliphatic heterocycles. The molecule has 0 radical (unpaired) electrons. The van der Waals surface area contributed by atoms with Crippen LogP contribution in [0.3, 0.4) is 0 Å². The van der Waals surface area contributed by atoms with Gasteiger partial charge in [-0.05, 0) is 53.4 Å². The number of halogens is 2. The molecule has 10 heteroatoms. The van der Waals surface area contributed by atoms with Crippen LogP contribution in [0.1, 0.15) is 18.6 Å². The van der Waals surface area contributed by atoms with Crippen molar-refractivity contribution in [3.05, 3.63) is 83.2 Å². The number of carbonyl (C=O) groups excluding carboxylic acids is 1. The molecular weight excluding hydrogens is 459 g/mol. The van der Waals surface area contributed by atoms with E-state index in [2.05, 4.69) is 20.4 Å². The Morgan fingerprint density at radius 3 is 2.91 bits per heavy atom. The lowest BCUT2D eigenvalue weighted by atomic mass is 10.0. The minimum Gasteiger partial charge on any atom is -0.378 e. The third-order valence-electron chi connectivity index (χ3n) is 5.67. The van der Waals surface area contributed by atoms with Crippen molar-refractivity contribution in [1.82, 2.24) is 19.7 Å². The largest absolute Gasteiger partial charge is 0.378 e. The Morgan fingerprint density at radius 1 is 1.21 bits per heavy atom. The molecule has 8 nitrogen and oxygen atoms in total. The van der Waals surface area contributed by atoms with Crippen LogP contribution in [0.5, 0.6) is 0 Å². The molecule has 0 saturated carbocycles. The number of pyridine rings is 2. The molecule has 1 atom stereocenters. The van der Waals surface area contributed by atoms with Gasteiger partial charge in [-0.2, -0.15) is 5.10 Å². The fraction of sp³-hybridized carbons (Fsp3) is 0.167. The molecule has 1 aliphatic rings. The molecule has 1 aromatic carbocycles. The van der Waals surface area contributed by atoms with Gasteiger partial charge in [-0.25, -0.2) is 14.4 Å². The summed E-state index contributed by atoms with van der Waals surface area (Å²) in [5.41, 5.74) is 2.35. The van der Waals surface area contributed by atoms with E-state index in [-0.39, 0.29) is 30.0 Å². The first kappa shape index (κ1) is 20.8. The van der Waals surface area contributed by atoms with Crippen LogP contribution in [-0.2, 0) is 18.2 Å². The Kier molecular flexibility index (Phi) is 5.40. The van der Waals surface area contributed by atoms with E-state index in [0.29, 0.717) is 29.2 Å². The van der Waals surface area contributed by atoms with Crippen LogP contribution in [0.2, 0.25) is 5.15 Å². The van der Waals surface area contributed by atoms with Gasteiger partial charge in [0.05, 0.1) is 11.9 Å². The number of aliphatic hydroxyl groups excluding tert-OH is 1. The van der Waals surface area contributed by atoms with Crippen molar-refractivity contribution in [2.24, 2.45) is 7.02 Å². The van der Waals surface area contributed by atoms with Gasteiger partial charge in [-0.1, -0.05) is 17.7 Å². The number of benzene rings is 1. The minimum absolute atomic E-state index is 0.0245. The second-order valence-electron chi connectivity index (χ2n) is 7.76. The number of aryl methyl sites for hydroxylation is 1. The van der Waals surface area contributed by atoms with Crippen LogP contribution in [0.25, 0.3) is 11.1 Å². The Morgan fingerprint density at radius 2 is 2.09 bits per heavy atom. The summed E-state index contributed by atoms with van der Waals surface area (Å²) in [5, 5.41) is 17.8. The maximum absolute atomic E-state index is 15.3. The Hall–Kier alpha value is -3.82. The molecule has 0 aliphatic carbocycles. The summed E-state index contributed by atoms with van der Waals surface area (Å²) in [6, 6.07) is 11.6. The number of aromatic nitrogens is 4. The average Bonchev–Trinajstić information content (AvgIpc) is 3.50. The summed E-state index contributed by atoms with van der Waals surface area (Å²) in [6.07, 6.45) is 3.54. The van der Waals surface area contributed by atoms with Crippen molar-refractivity contribution < 1.29 is 15.7 Å². The first-order valence-corrected chi connectivity index (χ1v) is 10.8. The van der Waals surface area contributed by atoms with Crippen LogP contribution < -0.4 is 10.2 Å².